The molecule has 86 valence electrons. The molecule has 0 aromatic heterocycles. The van der Waals surface area contributed by atoms with Gasteiger partial charge in [-0.3, -0.25) is 9.59 Å². The predicted octanol–water partition coefficient (Wildman–Crippen LogP) is 1.26. The van der Waals surface area contributed by atoms with Crippen LogP contribution < -0.4 is 10.1 Å². The highest BCUT2D eigenvalue weighted by Gasteiger charge is 2.04. The van der Waals surface area contributed by atoms with E-state index in [1.807, 2.05) is 19.1 Å². The Morgan fingerprint density at radius 2 is 1.94 bits per heavy atom. The molecule has 0 bridgehead atoms. The second kappa shape index (κ2) is 6.12. The lowest BCUT2D eigenvalue weighted by Crippen LogP contribution is -2.31. The van der Waals surface area contributed by atoms with Crippen molar-refractivity contribution in [3.05, 3.63) is 29.8 Å². The summed E-state index contributed by atoms with van der Waals surface area (Å²) in [5.74, 6) is 0.229. The fourth-order valence-corrected chi connectivity index (χ4v) is 1.07. The number of carbonyl (C=O) groups is 2. The van der Waals surface area contributed by atoms with Crippen LogP contribution >= 0.6 is 11.6 Å². The largest absolute Gasteiger partial charge is 0.484 e. The van der Waals surface area contributed by atoms with Crippen LogP contribution in [0.4, 0.5) is 0 Å². The molecule has 0 atom stereocenters. The lowest BCUT2D eigenvalue weighted by atomic mass is 10.2. The van der Waals surface area contributed by atoms with Crippen molar-refractivity contribution in [2.24, 2.45) is 0 Å². The summed E-state index contributed by atoms with van der Waals surface area (Å²) in [6, 6.07) is 7.32. The molecule has 1 aromatic rings. The average Bonchev–Trinajstić information content (AvgIpc) is 2.25. The third-order valence-electron chi connectivity index (χ3n) is 1.82. The van der Waals surface area contributed by atoms with E-state index in [0.29, 0.717) is 5.75 Å². The van der Waals surface area contributed by atoms with E-state index < -0.39 is 5.24 Å². The summed E-state index contributed by atoms with van der Waals surface area (Å²) < 4.78 is 5.19. The summed E-state index contributed by atoms with van der Waals surface area (Å²) in [5.41, 5.74) is 1.12. The number of hydrogen-bond acceptors (Lipinski definition) is 3. The summed E-state index contributed by atoms with van der Waals surface area (Å²) in [6.45, 7) is 1.65. The Hall–Kier alpha value is -1.55. The van der Waals surface area contributed by atoms with Gasteiger partial charge in [-0.1, -0.05) is 17.7 Å². The van der Waals surface area contributed by atoms with E-state index >= 15 is 0 Å². The Kier molecular flexibility index (Phi) is 4.79. The van der Waals surface area contributed by atoms with Crippen molar-refractivity contribution in [2.45, 2.75) is 6.92 Å². The summed E-state index contributed by atoms with van der Waals surface area (Å²) in [4.78, 5) is 21.5. The summed E-state index contributed by atoms with van der Waals surface area (Å²) in [5, 5.41) is 1.71. The number of hydrogen-bond donors (Lipinski definition) is 1. The lowest BCUT2D eigenvalue weighted by Gasteiger charge is -2.06. The van der Waals surface area contributed by atoms with Crippen LogP contribution in [0.3, 0.4) is 0 Å². The van der Waals surface area contributed by atoms with Crippen LogP contribution in [0.5, 0.6) is 5.75 Å². The molecule has 4 nitrogen and oxygen atoms in total. The molecule has 1 amide bonds. The topological polar surface area (TPSA) is 55.4 Å². The fraction of sp³-hybridized carbons (Fsp3) is 0.273. The van der Waals surface area contributed by atoms with Gasteiger partial charge in [0.15, 0.2) is 6.61 Å². The van der Waals surface area contributed by atoms with Crippen LogP contribution in [0.1, 0.15) is 5.56 Å². The fourth-order valence-electron chi connectivity index (χ4n) is 1.00. The molecule has 0 aliphatic carbocycles. The zero-order valence-electron chi connectivity index (χ0n) is 8.83. The van der Waals surface area contributed by atoms with Crippen molar-refractivity contribution < 1.29 is 14.3 Å². The Balaban J connectivity index is 2.31. The van der Waals surface area contributed by atoms with Crippen molar-refractivity contribution in [3.63, 3.8) is 0 Å². The first-order valence-electron chi connectivity index (χ1n) is 4.72. The van der Waals surface area contributed by atoms with Gasteiger partial charge in [0.1, 0.15) is 5.75 Å². The van der Waals surface area contributed by atoms with Gasteiger partial charge < -0.3 is 10.1 Å². The minimum atomic E-state index is -0.608. The number of halogens is 1. The molecule has 0 fully saturated rings. The average molecular weight is 242 g/mol. The van der Waals surface area contributed by atoms with E-state index in [1.54, 1.807) is 12.1 Å². The second-order valence-electron chi connectivity index (χ2n) is 3.23. The molecule has 0 radical (unpaired) electrons. The molecule has 0 aliphatic rings. The Morgan fingerprint density at radius 3 is 2.50 bits per heavy atom. The summed E-state index contributed by atoms with van der Waals surface area (Å²) in [7, 11) is 0. The van der Waals surface area contributed by atoms with Gasteiger partial charge in [-0.2, -0.15) is 0 Å². The Labute approximate surface area is 98.5 Å². The van der Waals surface area contributed by atoms with Crippen LogP contribution in [0.2, 0.25) is 0 Å². The van der Waals surface area contributed by atoms with Gasteiger partial charge in [-0.15, -0.1) is 0 Å². The van der Waals surface area contributed by atoms with Crippen molar-refractivity contribution in [1.29, 1.82) is 0 Å². The van der Waals surface area contributed by atoms with Gasteiger partial charge in [-0.25, -0.2) is 0 Å². The van der Waals surface area contributed by atoms with Crippen molar-refractivity contribution in [3.8, 4) is 5.75 Å². The molecule has 5 heteroatoms. The highest BCUT2D eigenvalue weighted by atomic mass is 35.5. The standard InChI is InChI=1S/C11H12ClNO3/c1-8-2-4-9(5-3-8)16-7-11(15)13-6-10(12)14/h2-5H,6-7H2,1H3,(H,13,15). The third-order valence-corrected chi connectivity index (χ3v) is 1.95. The van der Waals surface area contributed by atoms with E-state index in [9.17, 15) is 9.59 Å². The molecule has 1 aromatic carbocycles. The zero-order chi connectivity index (χ0) is 12.0. The molecular weight excluding hydrogens is 230 g/mol. The minimum absolute atomic E-state index is 0.132. The first-order valence-corrected chi connectivity index (χ1v) is 5.10. The van der Waals surface area contributed by atoms with E-state index in [0.717, 1.165) is 5.56 Å². The SMILES string of the molecule is Cc1ccc(OCC(=O)NCC(=O)Cl)cc1. The van der Waals surface area contributed by atoms with Crippen molar-refractivity contribution in [2.75, 3.05) is 13.2 Å². The van der Waals surface area contributed by atoms with E-state index in [1.165, 1.54) is 0 Å². The normalized spacial score (nSPS) is 9.62. The molecule has 1 N–H and O–H groups in total. The monoisotopic (exact) mass is 241 g/mol. The number of nitrogens with one attached hydrogen (secondary N) is 1. The molecular formula is C11H12ClNO3. The van der Waals surface area contributed by atoms with Gasteiger partial charge in [-0.05, 0) is 30.7 Å². The molecule has 0 aliphatic heterocycles. The van der Waals surface area contributed by atoms with Gasteiger partial charge in [0.05, 0.1) is 6.54 Å². The first kappa shape index (κ1) is 12.5. The smallest absolute Gasteiger partial charge is 0.258 e. The highest BCUT2D eigenvalue weighted by molar-refractivity contribution is 6.64. The Bertz CT molecular complexity index is 375. The zero-order valence-corrected chi connectivity index (χ0v) is 9.58. The lowest BCUT2D eigenvalue weighted by molar-refractivity contribution is -0.124. The van der Waals surface area contributed by atoms with Crippen LogP contribution in [0, 0.1) is 6.92 Å². The van der Waals surface area contributed by atoms with Gasteiger partial charge >= 0.3 is 0 Å². The van der Waals surface area contributed by atoms with E-state index in [4.69, 9.17) is 16.3 Å². The van der Waals surface area contributed by atoms with Crippen LogP contribution in [-0.2, 0) is 9.59 Å². The van der Waals surface area contributed by atoms with Crippen LogP contribution in [0.25, 0.3) is 0 Å². The number of benzene rings is 1. The number of carbonyl (C=O) groups excluding carboxylic acids is 2. The van der Waals surface area contributed by atoms with Gasteiger partial charge in [0.2, 0.25) is 5.24 Å². The minimum Gasteiger partial charge on any atom is -0.484 e. The van der Waals surface area contributed by atoms with Crippen LogP contribution in [0.15, 0.2) is 24.3 Å². The van der Waals surface area contributed by atoms with Crippen molar-refractivity contribution >= 4 is 22.8 Å². The quantitative estimate of drug-likeness (QED) is 0.790. The molecule has 1 rings (SSSR count). The molecule has 0 unspecified atom stereocenters. The molecule has 0 saturated carbocycles. The summed E-state index contributed by atoms with van der Waals surface area (Å²) in [6.07, 6.45) is 0. The Morgan fingerprint density at radius 1 is 1.31 bits per heavy atom. The third kappa shape index (κ3) is 4.79. The number of rotatable bonds is 5. The maximum absolute atomic E-state index is 11.1. The molecule has 0 saturated heterocycles. The summed E-state index contributed by atoms with van der Waals surface area (Å²) >= 11 is 5.06. The molecule has 16 heavy (non-hydrogen) atoms. The van der Waals surface area contributed by atoms with E-state index in [-0.39, 0.29) is 19.1 Å². The molecule has 0 heterocycles. The van der Waals surface area contributed by atoms with Gasteiger partial charge in [0.25, 0.3) is 5.91 Å². The first-order chi connectivity index (χ1) is 7.58. The number of aryl methyl sites for hydroxylation is 1. The maximum atomic E-state index is 11.1. The predicted molar refractivity (Wildman–Crippen MR) is 60.5 cm³/mol. The van der Waals surface area contributed by atoms with Crippen molar-refractivity contribution in [1.82, 2.24) is 5.32 Å². The second-order valence-corrected chi connectivity index (χ2v) is 3.66. The van der Waals surface area contributed by atoms with E-state index in [2.05, 4.69) is 5.32 Å². The maximum Gasteiger partial charge on any atom is 0.258 e. The number of ether oxygens (including phenoxy) is 1. The highest BCUT2D eigenvalue weighted by Crippen LogP contribution is 2.10. The molecule has 0 spiro atoms. The number of amides is 1. The van der Waals surface area contributed by atoms with Crippen LogP contribution in [-0.4, -0.2) is 24.3 Å². The van der Waals surface area contributed by atoms with Gasteiger partial charge in [0, 0.05) is 0 Å².